The zero-order valence-corrected chi connectivity index (χ0v) is 13.3. The zero-order chi connectivity index (χ0) is 16.4. The number of hydrogen-bond acceptors (Lipinski definition) is 5. The van der Waals surface area contributed by atoms with Gasteiger partial charge >= 0.3 is 0 Å². The van der Waals surface area contributed by atoms with E-state index in [0.717, 1.165) is 0 Å². The topological polar surface area (TPSA) is 83.7 Å². The highest BCUT2D eigenvalue weighted by atomic mass is 35.5. The number of amides is 1. The maximum Gasteiger partial charge on any atom is 0.271 e. The molecule has 2 aromatic heterocycles. The van der Waals surface area contributed by atoms with Crippen molar-refractivity contribution in [3.05, 3.63) is 68.5 Å². The molecule has 0 aliphatic heterocycles. The molecule has 0 bridgehead atoms. The van der Waals surface area contributed by atoms with E-state index in [-0.39, 0.29) is 12.1 Å². The second-order valence-corrected chi connectivity index (χ2v) is 6.06. The van der Waals surface area contributed by atoms with Crippen LogP contribution in [0.15, 0.2) is 46.8 Å². The van der Waals surface area contributed by atoms with Crippen molar-refractivity contribution in [3.63, 3.8) is 0 Å². The minimum Gasteiger partial charge on any atom is -0.387 e. The van der Waals surface area contributed by atoms with Crippen molar-refractivity contribution < 1.29 is 9.90 Å². The molecule has 6 nitrogen and oxygen atoms in total. The van der Waals surface area contributed by atoms with Crippen LogP contribution in [0.25, 0.3) is 4.96 Å². The predicted octanol–water partition coefficient (Wildman–Crippen LogP) is 1.87. The van der Waals surface area contributed by atoms with Gasteiger partial charge in [0.05, 0.1) is 6.10 Å². The lowest BCUT2D eigenvalue weighted by atomic mass is 10.1. The van der Waals surface area contributed by atoms with Crippen molar-refractivity contribution in [3.8, 4) is 0 Å². The number of nitrogens with one attached hydrogen (secondary N) is 1. The van der Waals surface area contributed by atoms with Gasteiger partial charge in [-0.2, -0.15) is 0 Å². The molecule has 23 heavy (non-hydrogen) atoms. The van der Waals surface area contributed by atoms with E-state index in [1.165, 1.54) is 21.9 Å². The molecule has 0 radical (unpaired) electrons. The van der Waals surface area contributed by atoms with Gasteiger partial charge in [-0.3, -0.25) is 14.0 Å². The van der Waals surface area contributed by atoms with Crippen LogP contribution in [0.3, 0.4) is 0 Å². The molecule has 1 amide bonds. The Labute approximate surface area is 140 Å². The van der Waals surface area contributed by atoms with Crippen molar-refractivity contribution in [2.45, 2.75) is 6.10 Å². The van der Waals surface area contributed by atoms with E-state index in [4.69, 9.17) is 11.6 Å². The minimum absolute atomic E-state index is 0.0612. The quantitative estimate of drug-likeness (QED) is 0.753. The van der Waals surface area contributed by atoms with Crippen LogP contribution >= 0.6 is 22.9 Å². The van der Waals surface area contributed by atoms with Gasteiger partial charge in [0.15, 0.2) is 4.96 Å². The minimum atomic E-state index is -0.965. The number of halogens is 1. The number of aliphatic hydroxyl groups is 1. The molecule has 0 fully saturated rings. The number of benzene rings is 1. The molecule has 0 saturated heterocycles. The zero-order valence-electron chi connectivity index (χ0n) is 11.8. The molecule has 0 saturated carbocycles. The molecular weight excluding hydrogens is 338 g/mol. The van der Waals surface area contributed by atoms with Crippen LogP contribution in [0.4, 0.5) is 0 Å². The van der Waals surface area contributed by atoms with Gasteiger partial charge in [0, 0.05) is 34.9 Å². The number of aromatic nitrogens is 2. The van der Waals surface area contributed by atoms with Crippen LogP contribution < -0.4 is 10.9 Å². The Bertz CT molecular complexity index is 921. The summed E-state index contributed by atoms with van der Waals surface area (Å²) in [6.07, 6.45) is 1.84. The van der Waals surface area contributed by atoms with E-state index in [1.807, 2.05) is 0 Å². The third-order valence-corrected chi connectivity index (χ3v) is 4.42. The Kier molecular flexibility index (Phi) is 4.42. The van der Waals surface area contributed by atoms with Crippen LogP contribution in [0.1, 0.15) is 22.0 Å². The van der Waals surface area contributed by atoms with Crippen molar-refractivity contribution in [1.29, 1.82) is 0 Å². The second-order valence-electron chi connectivity index (χ2n) is 4.78. The first-order chi connectivity index (χ1) is 11.1. The highest BCUT2D eigenvalue weighted by molar-refractivity contribution is 7.15. The van der Waals surface area contributed by atoms with Gasteiger partial charge in [-0.25, -0.2) is 4.98 Å². The first-order valence-corrected chi connectivity index (χ1v) is 7.99. The van der Waals surface area contributed by atoms with E-state index >= 15 is 0 Å². The smallest absolute Gasteiger partial charge is 0.271 e. The number of fused-ring (bicyclic) bond motifs is 1. The monoisotopic (exact) mass is 349 g/mol. The molecular formula is C15H12ClN3O3S. The van der Waals surface area contributed by atoms with Gasteiger partial charge in [-0.05, 0) is 6.07 Å². The van der Waals surface area contributed by atoms with Gasteiger partial charge in [0.2, 0.25) is 0 Å². The summed E-state index contributed by atoms with van der Waals surface area (Å²) in [6.45, 7) is -0.0612. The lowest BCUT2D eigenvalue weighted by Crippen LogP contribution is -2.33. The van der Waals surface area contributed by atoms with E-state index in [9.17, 15) is 14.7 Å². The number of thiazole rings is 1. The number of hydrogen-bond donors (Lipinski definition) is 2. The average molecular weight is 350 g/mol. The molecule has 0 aliphatic carbocycles. The van der Waals surface area contributed by atoms with E-state index in [1.54, 1.807) is 35.8 Å². The molecule has 118 valence electrons. The molecule has 2 N–H and O–H groups in total. The Hall–Kier alpha value is -2.22. The summed E-state index contributed by atoms with van der Waals surface area (Å²) < 4.78 is 1.31. The van der Waals surface area contributed by atoms with Crippen LogP contribution in [0, 0.1) is 0 Å². The number of carbonyl (C=O) groups excluding carboxylic acids is 1. The molecule has 1 unspecified atom stereocenters. The normalized spacial score (nSPS) is 12.3. The lowest BCUT2D eigenvalue weighted by Gasteiger charge is -2.13. The Morgan fingerprint density at radius 3 is 3.00 bits per heavy atom. The summed E-state index contributed by atoms with van der Waals surface area (Å²) in [5.41, 5.74) is -0.00848. The molecule has 1 aromatic carbocycles. The van der Waals surface area contributed by atoms with Crippen molar-refractivity contribution in [1.82, 2.24) is 14.7 Å². The number of nitrogens with zero attached hydrogens (tertiary/aromatic N) is 2. The Morgan fingerprint density at radius 2 is 2.22 bits per heavy atom. The summed E-state index contributed by atoms with van der Waals surface area (Å²) >= 11 is 7.30. The highest BCUT2D eigenvalue weighted by Crippen LogP contribution is 2.21. The average Bonchev–Trinajstić information content (AvgIpc) is 3.02. The highest BCUT2D eigenvalue weighted by Gasteiger charge is 2.16. The van der Waals surface area contributed by atoms with Gasteiger partial charge in [-0.15, -0.1) is 11.3 Å². The van der Waals surface area contributed by atoms with Crippen molar-refractivity contribution in [2.75, 3.05) is 6.54 Å². The van der Waals surface area contributed by atoms with Crippen LogP contribution in [0.5, 0.6) is 0 Å². The van der Waals surface area contributed by atoms with Crippen molar-refractivity contribution in [2.24, 2.45) is 0 Å². The second kappa shape index (κ2) is 6.49. The largest absolute Gasteiger partial charge is 0.387 e. The van der Waals surface area contributed by atoms with Crippen LogP contribution in [-0.2, 0) is 0 Å². The summed E-state index contributed by atoms with van der Waals surface area (Å²) in [5, 5.41) is 14.8. The number of rotatable bonds is 4. The van der Waals surface area contributed by atoms with E-state index in [2.05, 4.69) is 10.3 Å². The maximum absolute atomic E-state index is 12.2. The molecule has 2 heterocycles. The summed E-state index contributed by atoms with van der Waals surface area (Å²) in [7, 11) is 0. The fourth-order valence-corrected chi connectivity index (χ4v) is 3.06. The Balaban J connectivity index is 1.75. The van der Waals surface area contributed by atoms with Crippen LogP contribution in [-0.4, -0.2) is 26.9 Å². The summed E-state index contributed by atoms with van der Waals surface area (Å²) in [6, 6.07) is 6.82. The third kappa shape index (κ3) is 3.12. The van der Waals surface area contributed by atoms with Gasteiger partial charge < -0.3 is 10.4 Å². The summed E-state index contributed by atoms with van der Waals surface area (Å²) in [5.74, 6) is -0.589. The standard InChI is InChI=1S/C15H12ClN3O3S/c16-11-4-2-1-3-9(11)12(20)8-17-13(21)10-7-18-15-19(14(10)22)5-6-23-15/h1-7,12,20H,8H2,(H,17,21). The third-order valence-electron chi connectivity index (χ3n) is 3.31. The first kappa shape index (κ1) is 15.7. The van der Waals surface area contributed by atoms with E-state index < -0.39 is 17.6 Å². The fraction of sp³-hybridized carbons (Fsp3) is 0.133. The van der Waals surface area contributed by atoms with Gasteiger partial charge in [0.1, 0.15) is 5.56 Å². The van der Waals surface area contributed by atoms with Crippen LogP contribution in [0.2, 0.25) is 5.02 Å². The molecule has 0 aliphatic rings. The lowest BCUT2D eigenvalue weighted by molar-refractivity contribution is 0.0914. The Morgan fingerprint density at radius 1 is 1.43 bits per heavy atom. The van der Waals surface area contributed by atoms with E-state index in [0.29, 0.717) is 15.5 Å². The van der Waals surface area contributed by atoms with Gasteiger partial charge in [0.25, 0.3) is 11.5 Å². The molecule has 3 rings (SSSR count). The molecule has 0 spiro atoms. The predicted molar refractivity (Wildman–Crippen MR) is 88.1 cm³/mol. The summed E-state index contributed by atoms with van der Waals surface area (Å²) in [4.78, 5) is 28.9. The SMILES string of the molecule is O=C(NCC(O)c1ccccc1Cl)c1cnc2sccn2c1=O. The number of aliphatic hydroxyl groups excluding tert-OH is 1. The molecule has 8 heteroatoms. The van der Waals surface area contributed by atoms with Gasteiger partial charge in [-0.1, -0.05) is 29.8 Å². The fourth-order valence-electron chi connectivity index (χ4n) is 2.12. The molecule has 1 atom stereocenters. The number of carbonyl (C=O) groups is 1. The van der Waals surface area contributed by atoms with Crippen molar-refractivity contribution >= 4 is 33.8 Å². The first-order valence-electron chi connectivity index (χ1n) is 6.73. The molecule has 3 aromatic rings. The maximum atomic E-state index is 12.2.